The zero-order valence-electron chi connectivity index (χ0n) is 11.8. The van der Waals surface area contributed by atoms with Crippen molar-refractivity contribution in [3.63, 3.8) is 0 Å². The molecule has 0 saturated carbocycles. The van der Waals surface area contributed by atoms with E-state index in [2.05, 4.69) is 0 Å². The van der Waals surface area contributed by atoms with Crippen LogP contribution in [0.1, 0.15) is 17.2 Å². The third-order valence-corrected chi connectivity index (χ3v) is 3.24. The molecule has 3 nitrogen and oxygen atoms in total. The summed E-state index contributed by atoms with van der Waals surface area (Å²) < 4.78 is 37.3. The summed E-state index contributed by atoms with van der Waals surface area (Å²) in [6, 6.07) is 8.93. The molecule has 0 spiro atoms. The Bertz CT molecular complexity index is 607. The molecule has 2 aromatic carbocycles. The predicted octanol–water partition coefficient (Wildman–Crippen LogP) is 3.26. The lowest BCUT2D eigenvalue weighted by Gasteiger charge is -2.18. The van der Waals surface area contributed by atoms with Crippen molar-refractivity contribution in [3.05, 3.63) is 59.2 Å². The number of halogens is 2. The maximum Gasteiger partial charge on any atom is 0.162 e. The van der Waals surface area contributed by atoms with E-state index in [-0.39, 0.29) is 12.0 Å². The van der Waals surface area contributed by atoms with E-state index in [1.165, 1.54) is 26.4 Å². The summed E-state index contributed by atoms with van der Waals surface area (Å²) in [5.41, 5.74) is 0.502. The maximum absolute atomic E-state index is 13.7. The van der Waals surface area contributed by atoms with Crippen LogP contribution in [-0.4, -0.2) is 19.3 Å². The molecule has 0 aliphatic heterocycles. The van der Waals surface area contributed by atoms with Crippen LogP contribution in [0.3, 0.4) is 0 Å². The first kappa shape index (κ1) is 15.3. The number of hydrogen-bond donors (Lipinski definition) is 1. The minimum atomic E-state index is -1.08. The van der Waals surface area contributed by atoms with Gasteiger partial charge in [0.05, 0.1) is 25.9 Å². The molecule has 112 valence electrons. The van der Waals surface area contributed by atoms with Crippen LogP contribution < -0.4 is 9.47 Å². The lowest BCUT2D eigenvalue weighted by molar-refractivity contribution is 0.168. The zero-order chi connectivity index (χ0) is 15.4. The highest BCUT2D eigenvalue weighted by molar-refractivity contribution is 5.46. The highest BCUT2D eigenvalue weighted by Crippen LogP contribution is 2.35. The molecule has 0 aromatic heterocycles. The second-order valence-corrected chi connectivity index (χ2v) is 4.51. The van der Waals surface area contributed by atoms with Crippen molar-refractivity contribution >= 4 is 0 Å². The number of hydrogen-bond acceptors (Lipinski definition) is 3. The summed E-state index contributed by atoms with van der Waals surface area (Å²) in [5, 5.41) is 10.4. The minimum Gasteiger partial charge on any atom is -0.496 e. The quantitative estimate of drug-likeness (QED) is 0.920. The number of aliphatic hydroxyl groups excluding tert-OH is 1. The molecule has 1 unspecified atom stereocenters. The van der Waals surface area contributed by atoms with Gasteiger partial charge in [0.25, 0.3) is 0 Å². The van der Waals surface area contributed by atoms with Crippen molar-refractivity contribution in [1.82, 2.24) is 0 Å². The molecular formula is C16H16F2O3. The molecule has 0 fully saturated rings. The van der Waals surface area contributed by atoms with Crippen LogP contribution >= 0.6 is 0 Å². The maximum atomic E-state index is 13.7. The number of rotatable bonds is 5. The molecule has 21 heavy (non-hydrogen) atoms. The van der Waals surface area contributed by atoms with Gasteiger partial charge in [0.15, 0.2) is 11.6 Å². The molecule has 5 heteroatoms. The molecule has 1 atom stereocenters. The lowest BCUT2D eigenvalue weighted by atomic mass is 9.99. The van der Waals surface area contributed by atoms with Crippen molar-refractivity contribution in [1.29, 1.82) is 0 Å². The first-order chi connectivity index (χ1) is 10.1. The normalized spacial score (nSPS) is 12.0. The van der Waals surface area contributed by atoms with Crippen LogP contribution in [0.4, 0.5) is 8.78 Å². The smallest absolute Gasteiger partial charge is 0.162 e. The van der Waals surface area contributed by atoms with Crippen LogP contribution in [0.15, 0.2) is 36.4 Å². The summed E-state index contributed by atoms with van der Waals surface area (Å²) in [6.45, 7) is 0. The molecule has 0 aliphatic rings. The Morgan fingerprint density at radius 1 is 1.00 bits per heavy atom. The first-order valence-electron chi connectivity index (χ1n) is 6.40. The van der Waals surface area contributed by atoms with Crippen molar-refractivity contribution in [3.8, 4) is 11.5 Å². The third-order valence-electron chi connectivity index (χ3n) is 3.24. The topological polar surface area (TPSA) is 38.7 Å². The van der Waals surface area contributed by atoms with Gasteiger partial charge >= 0.3 is 0 Å². The molecule has 0 heterocycles. The van der Waals surface area contributed by atoms with Gasteiger partial charge in [-0.2, -0.15) is 0 Å². The Morgan fingerprint density at radius 3 is 2.14 bits per heavy atom. The molecule has 0 radical (unpaired) electrons. The van der Waals surface area contributed by atoms with Crippen LogP contribution in [0.2, 0.25) is 0 Å². The first-order valence-corrected chi connectivity index (χ1v) is 6.40. The fourth-order valence-electron chi connectivity index (χ4n) is 2.22. The van der Waals surface area contributed by atoms with Gasteiger partial charge in [0.2, 0.25) is 0 Å². The summed E-state index contributed by atoms with van der Waals surface area (Å²) in [4.78, 5) is 0. The van der Waals surface area contributed by atoms with Gasteiger partial charge in [0.1, 0.15) is 11.5 Å². The Hall–Kier alpha value is -2.14. The van der Waals surface area contributed by atoms with E-state index < -0.39 is 17.7 Å². The van der Waals surface area contributed by atoms with Crippen LogP contribution in [0.25, 0.3) is 0 Å². The number of methoxy groups -OCH3 is 2. The van der Waals surface area contributed by atoms with E-state index in [9.17, 15) is 13.9 Å². The van der Waals surface area contributed by atoms with Gasteiger partial charge in [-0.05, 0) is 23.8 Å². The van der Waals surface area contributed by atoms with Gasteiger partial charge in [-0.3, -0.25) is 0 Å². The molecule has 2 aromatic rings. The van der Waals surface area contributed by atoms with Crippen molar-refractivity contribution in [2.45, 2.75) is 12.5 Å². The number of ether oxygens (including phenoxy) is 2. The third kappa shape index (κ3) is 3.13. The van der Waals surface area contributed by atoms with E-state index in [1.54, 1.807) is 18.2 Å². The fraction of sp³-hybridized carbons (Fsp3) is 0.250. The number of benzene rings is 2. The molecule has 0 amide bonds. The summed E-state index contributed by atoms with van der Waals surface area (Å²) >= 11 is 0. The second-order valence-electron chi connectivity index (χ2n) is 4.51. The molecular weight excluding hydrogens is 278 g/mol. The Kier molecular flexibility index (Phi) is 4.75. The van der Waals surface area contributed by atoms with Crippen molar-refractivity contribution < 1.29 is 23.4 Å². The molecule has 2 rings (SSSR count). The van der Waals surface area contributed by atoms with Gasteiger partial charge in [-0.1, -0.05) is 18.2 Å². The van der Waals surface area contributed by atoms with Crippen LogP contribution in [-0.2, 0) is 6.42 Å². The van der Waals surface area contributed by atoms with Crippen molar-refractivity contribution in [2.24, 2.45) is 0 Å². The molecule has 0 bridgehead atoms. The summed E-state index contributed by atoms with van der Waals surface area (Å²) in [6.07, 6.45) is -1.16. The fourth-order valence-corrected chi connectivity index (χ4v) is 2.22. The lowest BCUT2D eigenvalue weighted by Crippen LogP contribution is -2.08. The Labute approximate surface area is 121 Å². The minimum absolute atomic E-state index is 0.0830. The highest BCUT2D eigenvalue weighted by Gasteiger charge is 2.21. The SMILES string of the molecule is COc1cccc(OC)c1C(O)Cc1cccc(F)c1F. The largest absolute Gasteiger partial charge is 0.496 e. The molecule has 0 aliphatic carbocycles. The van der Waals surface area contributed by atoms with Gasteiger partial charge in [0, 0.05) is 6.42 Å². The summed E-state index contributed by atoms with van der Waals surface area (Å²) in [5.74, 6) is -1.03. The Morgan fingerprint density at radius 2 is 1.57 bits per heavy atom. The van der Waals surface area contributed by atoms with E-state index in [1.807, 2.05) is 0 Å². The average molecular weight is 294 g/mol. The Balaban J connectivity index is 2.36. The van der Waals surface area contributed by atoms with E-state index >= 15 is 0 Å². The highest BCUT2D eigenvalue weighted by atomic mass is 19.2. The van der Waals surface area contributed by atoms with Gasteiger partial charge in [-0.25, -0.2) is 8.78 Å². The molecule has 0 saturated heterocycles. The van der Waals surface area contributed by atoms with Crippen molar-refractivity contribution in [2.75, 3.05) is 14.2 Å². The predicted molar refractivity (Wildman–Crippen MR) is 74.6 cm³/mol. The number of aliphatic hydroxyl groups is 1. The molecule has 1 N–H and O–H groups in total. The van der Waals surface area contributed by atoms with E-state index in [0.717, 1.165) is 6.07 Å². The monoisotopic (exact) mass is 294 g/mol. The van der Waals surface area contributed by atoms with E-state index in [4.69, 9.17) is 9.47 Å². The summed E-state index contributed by atoms with van der Waals surface area (Å²) in [7, 11) is 2.93. The van der Waals surface area contributed by atoms with E-state index in [0.29, 0.717) is 17.1 Å². The zero-order valence-corrected chi connectivity index (χ0v) is 11.8. The van der Waals surface area contributed by atoms with Gasteiger partial charge < -0.3 is 14.6 Å². The van der Waals surface area contributed by atoms with Gasteiger partial charge in [-0.15, -0.1) is 0 Å². The van der Waals surface area contributed by atoms with Crippen LogP contribution in [0.5, 0.6) is 11.5 Å². The van der Waals surface area contributed by atoms with Crippen LogP contribution in [0, 0.1) is 11.6 Å². The standard InChI is InChI=1S/C16H16F2O3/c1-20-13-7-4-8-14(21-2)15(13)12(19)9-10-5-3-6-11(17)16(10)18/h3-8,12,19H,9H2,1-2H3. The average Bonchev–Trinajstić information content (AvgIpc) is 2.50. The second kappa shape index (κ2) is 6.54.